The van der Waals surface area contributed by atoms with E-state index < -0.39 is 11.9 Å². The van der Waals surface area contributed by atoms with Gasteiger partial charge in [0, 0.05) is 6.54 Å². The van der Waals surface area contributed by atoms with Crippen molar-refractivity contribution in [1.82, 2.24) is 4.98 Å². The van der Waals surface area contributed by atoms with E-state index in [2.05, 4.69) is 10.3 Å². The van der Waals surface area contributed by atoms with E-state index >= 15 is 0 Å². The molecule has 0 aliphatic carbocycles. The maximum atomic E-state index is 13.0. The van der Waals surface area contributed by atoms with Crippen LogP contribution in [0.25, 0.3) is 0 Å². The molecule has 0 aliphatic heterocycles. The number of nitrogen functional groups attached to an aromatic ring is 1. The van der Waals surface area contributed by atoms with Crippen molar-refractivity contribution < 1.29 is 17.6 Å². The van der Waals surface area contributed by atoms with Gasteiger partial charge >= 0.3 is 6.18 Å². The van der Waals surface area contributed by atoms with Crippen LogP contribution in [0.2, 0.25) is 0 Å². The third kappa shape index (κ3) is 4.08. The molecule has 0 fully saturated rings. The number of anilines is 2. The van der Waals surface area contributed by atoms with Crippen LogP contribution in [0.4, 0.5) is 28.9 Å². The second-order valence-electron chi connectivity index (χ2n) is 4.46. The van der Waals surface area contributed by atoms with Crippen molar-refractivity contribution in [3.63, 3.8) is 0 Å². The Kier molecular flexibility index (Phi) is 4.30. The van der Waals surface area contributed by atoms with Gasteiger partial charge in [0.25, 0.3) is 0 Å². The van der Waals surface area contributed by atoms with Gasteiger partial charge in [-0.3, -0.25) is 0 Å². The highest BCUT2D eigenvalue weighted by molar-refractivity contribution is 5.65. The van der Waals surface area contributed by atoms with Crippen molar-refractivity contribution in [2.24, 2.45) is 0 Å². The highest BCUT2D eigenvalue weighted by Crippen LogP contribution is 2.30. The van der Waals surface area contributed by atoms with E-state index in [1.807, 2.05) is 0 Å². The standard InChI is InChI=1S/C14H13F4N3/c15-10-3-1-2-9(6-10)4-5-20-12-7-13(14(16,17)18)21-8-11(12)19/h1-3,6-8H,4-5,19H2,(H,20,21). The van der Waals surface area contributed by atoms with Crippen molar-refractivity contribution >= 4 is 11.4 Å². The highest BCUT2D eigenvalue weighted by Gasteiger charge is 2.32. The van der Waals surface area contributed by atoms with Crippen LogP contribution in [0.15, 0.2) is 36.5 Å². The van der Waals surface area contributed by atoms with Crippen LogP contribution in [0.3, 0.4) is 0 Å². The van der Waals surface area contributed by atoms with E-state index in [1.54, 1.807) is 12.1 Å². The fourth-order valence-electron chi connectivity index (χ4n) is 1.81. The van der Waals surface area contributed by atoms with Gasteiger partial charge in [-0.15, -0.1) is 0 Å². The molecule has 0 saturated heterocycles. The van der Waals surface area contributed by atoms with E-state index in [1.165, 1.54) is 12.1 Å². The van der Waals surface area contributed by atoms with Gasteiger partial charge < -0.3 is 11.1 Å². The molecule has 0 atom stereocenters. The average Bonchev–Trinajstić information content (AvgIpc) is 2.39. The van der Waals surface area contributed by atoms with Gasteiger partial charge in [-0.2, -0.15) is 13.2 Å². The van der Waals surface area contributed by atoms with Crippen molar-refractivity contribution in [1.29, 1.82) is 0 Å². The first-order valence-corrected chi connectivity index (χ1v) is 6.17. The largest absolute Gasteiger partial charge is 0.433 e. The number of alkyl halides is 3. The zero-order valence-electron chi connectivity index (χ0n) is 10.9. The maximum absolute atomic E-state index is 13.0. The Labute approximate surface area is 118 Å². The summed E-state index contributed by atoms with van der Waals surface area (Å²) in [6.07, 6.45) is -3.10. The average molecular weight is 299 g/mol. The molecule has 2 aromatic rings. The lowest BCUT2D eigenvalue weighted by Gasteiger charge is -2.12. The van der Waals surface area contributed by atoms with Gasteiger partial charge in [-0.1, -0.05) is 12.1 Å². The van der Waals surface area contributed by atoms with Crippen LogP contribution in [0, 0.1) is 5.82 Å². The summed E-state index contributed by atoms with van der Waals surface area (Å²) in [5.41, 5.74) is 5.60. The third-order valence-corrected chi connectivity index (χ3v) is 2.84. The predicted octanol–water partition coefficient (Wildman–Crippen LogP) is 3.48. The summed E-state index contributed by atoms with van der Waals surface area (Å²) in [5, 5.41) is 2.81. The Morgan fingerprint density at radius 2 is 1.95 bits per heavy atom. The Morgan fingerprint density at radius 3 is 2.62 bits per heavy atom. The summed E-state index contributed by atoms with van der Waals surface area (Å²) in [5.74, 6) is -0.352. The number of benzene rings is 1. The molecular formula is C14H13F4N3. The lowest BCUT2D eigenvalue weighted by molar-refractivity contribution is -0.141. The number of hydrogen-bond acceptors (Lipinski definition) is 3. The number of pyridine rings is 1. The SMILES string of the molecule is Nc1cnc(C(F)(F)F)cc1NCCc1cccc(F)c1. The molecule has 1 aromatic carbocycles. The van der Waals surface area contributed by atoms with E-state index in [9.17, 15) is 17.6 Å². The minimum atomic E-state index is -4.52. The molecule has 0 spiro atoms. The second kappa shape index (κ2) is 5.99. The molecule has 0 saturated carbocycles. The quantitative estimate of drug-likeness (QED) is 0.850. The van der Waals surface area contributed by atoms with Crippen molar-refractivity contribution in [2.45, 2.75) is 12.6 Å². The first-order valence-electron chi connectivity index (χ1n) is 6.17. The maximum Gasteiger partial charge on any atom is 0.433 e. The third-order valence-electron chi connectivity index (χ3n) is 2.84. The summed E-state index contributed by atoms with van der Waals surface area (Å²) in [4.78, 5) is 3.25. The lowest BCUT2D eigenvalue weighted by atomic mass is 10.1. The van der Waals surface area contributed by atoms with Crippen LogP contribution in [0.5, 0.6) is 0 Å². The van der Waals surface area contributed by atoms with Crippen LogP contribution in [-0.4, -0.2) is 11.5 Å². The topological polar surface area (TPSA) is 50.9 Å². The molecule has 1 heterocycles. The van der Waals surface area contributed by atoms with Crippen molar-refractivity contribution in [2.75, 3.05) is 17.6 Å². The highest BCUT2D eigenvalue weighted by atomic mass is 19.4. The summed E-state index contributed by atoms with van der Waals surface area (Å²) in [6.45, 7) is 0.328. The molecule has 3 N–H and O–H groups in total. The van der Waals surface area contributed by atoms with Crippen LogP contribution in [0.1, 0.15) is 11.3 Å². The molecule has 0 aliphatic rings. The molecule has 0 radical (unpaired) electrons. The minimum absolute atomic E-state index is 0.127. The minimum Gasteiger partial charge on any atom is -0.396 e. The predicted molar refractivity (Wildman–Crippen MR) is 72.2 cm³/mol. The van der Waals surface area contributed by atoms with Gasteiger partial charge in [-0.05, 0) is 30.2 Å². The Balaban J connectivity index is 2.03. The molecule has 3 nitrogen and oxygen atoms in total. The molecule has 0 amide bonds. The van der Waals surface area contributed by atoms with E-state index in [-0.39, 0.29) is 17.2 Å². The molecule has 2 rings (SSSR count). The number of halogens is 4. The van der Waals surface area contributed by atoms with Gasteiger partial charge in [0.05, 0.1) is 17.6 Å². The van der Waals surface area contributed by atoms with Crippen LogP contribution >= 0.6 is 0 Å². The number of nitrogens with one attached hydrogen (secondary N) is 1. The summed E-state index contributed by atoms with van der Waals surface area (Å²) in [6, 6.07) is 6.88. The first-order chi connectivity index (χ1) is 9.86. The molecular weight excluding hydrogens is 286 g/mol. The fourth-order valence-corrected chi connectivity index (χ4v) is 1.81. The Morgan fingerprint density at radius 1 is 1.19 bits per heavy atom. The zero-order chi connectivity index (χ0) is 15.5. The molecule has 0 bridgehead atoms. The molecule has 21 heavy (non-hydrogen) atoms. The van der Waals surface area contributed by atoms with Crippen molar-refractivity contribution in [3.8, 4) is 0 Å². The van der Waals surface area contributed by atoms with Crippen LogP contribution < -0.4 is 11.1 Å². The lowest BCUT2D eigenvalue weighted by Crippen LogP contribution is -2.12. The first kappa shape index (κ1) is 15.1. The van der Waals surface area contributed by atoms with Crippen LogP contribution in [-0.2, 0) is 12.6 Å². The summed E-state index contributed by atoms with van der Waals surface area (Å²) in [7, 11) is 0. The van der Waals surface area contributed by atoms with E-state index in [4.69, 9.17) is 5.73 Å². The second-order valence-corrected chi connectivity index (χ2v) is 4.46. The number of nitrogens with two attached hydrogens (primary N) is 1. The van der Waals surface area contributed by atoms with Gasteiger partial charge in [0.2, 0.25) is 0 Å². The normalized spacial score (nSPS) is 11.4. The monoisotopic (exact) mass is 299 g/mol. The van der Waals surface area contributed by atoms with Gasteiger partial charge in [-0.25, -0.2) is 9.37 Å². The fraction of sp³-hybridized carbons (Fsp3) is 0.214. The molecule has 0 unspecified atom stereocenters. The molecule has 1 aromatic heterocycles. The Hall–Kier alpha value is -2.31. The number of aromatic nitrogens is 1. The zero-order valence-corrected chi connectivity index (χ0v) is 10.9. The van der Waals surface area contributed by atoms with E-state index in [0.29, 0.717) is 13.0 Å². The van der Waals surface area contributed by atoms with Crippen molar-refractivity contribution in [3.05, 3.63) is 53.6 Å². The molecule has 112 valence electrons. The Bertz CT molecular complexity index is 626. The molecule has 7 heteroatoms. The number of hydrogen-bond donors (Lipinski definition) is 2. The number of rotatable bonds is 4. The summed E-state index contributed by atoms with van der Waals surface area (Å²) >= 11 is 0. The number of nitrogens with zero attached hydrogens (tertiary/aromatic N) is 1. The van der Waals surface area contributed by atoms with E-state index in [0.717, 1.165) is 17.8 Å². The van der Waals surface area contributed by atoms with Gasteiger partial charge in [0.1, 0.15) is 11.5 Å². The summed E-state index contributed by atoms with van der Waals surface area (Å²) < 4.78 is 50.7. The van der Waals surface area contributed by atoms with Gasteiger partial charge in [0.15, 0.2) is 0 Å². The smallest absolute Gasteiger partial charge is 0.396 e.